The first-order valence-electron chi connectivity index (χ1n) is 7.75. The number of nitro groups is 1. The topological polar surface area (TPSA) is 150 Å². The summed E-state index contributed by atoms with van der Waals surface area (Å²) in [6.07, 6.45) is 0. The smallest absolute Gasteiger partial charge is 0.310 e. The van der Waals surface area contributed by atoms with Gasteiger partial charge in [0, 0.05) is 17.8 Å². The second-order valence-electron chi connectivity index (χ2n) is 5.70. The van der Waals surface area contributed by atoms with Gasteiger partial charge >= 0.3 is 5.97 Å². The minimum Gasteiger partial charge on any atom is -0.481 e. The molecule has 0 aliphatic carbocycles. The van der Waals surface area contributed by atoms with E-state index in [-0.39, 0.29) is 17.5 Å². The molecular formula is C18H21N3O5. The number of nitro benzene ring substituents is 1. The quantitative estimate of drug-likeness (QED) is 0.424. The highest BCUT2D eigenvalue weighted by Crippen LogP contribution is 2.19. The van der Waals surface area contributed by atoms with Crippen molar-refractivity contribution in [1.82, 2.24) is 0 Å². The molecule has 0 saturated heterocycles. The lowest BCUT2D eigenvalue weighted by molar-refractivity contribution is -0.384. The third-order valence-corrected chi connectivity index (χ3v) is 3.84. The highest BCUT2D eigenvalue weighted by atomic mass is 16.6. The summed E-state index contributed by atoms with van der Waals surface area (Å²) >= 11 is 0. The van der Waals surface area contributed by atoms with Gasteiger partial charge in [0.25, 0.3) is 5.69 Å². The molecule has 2 atom stereocenters. The minimum atomic E-state index is -0.946. The van der Waals surface area contributed by atoms with Crippen molar-refractivity contribution in [3.8, 4) is 0 Å². The summed E-state index contributed by atoms with van der Waals surface area (Å²) in [4.78, 5) is 31.1. The number of hydrogen-bond donors (Lipinski definition) is 3. The van der Waals surface area contributed by atoms with Crippen molar-refractivity contribution in [2.45, 2.75) is 25.7 Å². The first-order valence-corrected chi connectivity index (χ1v) is 7.75. The molecule has 1 amide bonds. The Balaban J connectivity index is 0.000000263. The van der Waals surface area contributed by atoms with Crippen LogP contribution in [0.3, 0.4) is 0 Å². The second-order valence-corrected chi connectivity index (χ2v) is 5.70. The lowest BCUT2D eigenvalue weighted by Crippen LogP contribution is -2.18. The first kappa shape index (κ1) is 20.6. The maximum absolute atomic E-state index is 10.8. The van der Waals surface area contributed by atoms with E-state index in [2.05, 4.69) is 0 Å². The number of carboxylic acid groups (broad SMARTS) is 1. The van der Waals surface area contributed by atoms with Crippen LogP contribution < -0.4 is 11.5 Å². The largest absolute Gasteiger partial charge is 0.481 e. The maximum Gasteiger partial charge on any atom is 0.310 e. The van der Waals surface area contributed by atoms with E-state index in [9.17, 15) is 19.7 Å². The number of anilines is 1. The molecule has 0 saturated carbocycles. The van der Waals surface area contributed by atoms with Gasteiger partial charge < -0.3 is 16.6 Å². The molecule has 8 heteroatoms. The number of amides is 1. The second kappa shape index (κ2) is 9.16. The van der Waals surface area contributed by atoms with Crippen molar-refractivity contribution in [3.05, 3.63) is 69.8 Å². The Hall–Kier alpha value is -3.42. The Morgan fingerprint density at radius 1 is 0.962 bits per heavy atom. The number of non-ortho nitro benzene ring substituents is 1. The molecule has 2 rings (SSSR count). The zero-order valence-electron chi connectivity index (χ0n) is 14.5. The first-order chi connectivity index (χ1) is 12.1. The van der Waals surface area contributed by atoms with Crippen LogP contribution in [0.25, 0.3) is 0 Å². The Bertz CT molecular complexity index is 772. The molecule has 138 valence electrons. The number of rotatable bonds is 5. The number of carbonyl (C=O) groups is 2. The molecule has 26 heavy (non-hydrogen) atoms. The van der Waals surface area contributed by atoms with Crippen molar-refractivity contribution in [2.24, 2.45) is 5.73 Å². The number of carboxylic acids is 1. The van der Waals surface area contributed by atoms with Gasteiger partial charge in [-0.25, -0.2) is 0 Å². The number of hydrogen-bond acceptors (Lipinski definition) is 5. The molecule has 8 nitrogen and oxygen atoms in total. The van der Waals surface area contributed by atoms with Crippen LogP contribution in [-0.2, 0) is 9.59 Å². The molecule has 0 aliphatic rings. The van der Waals surface area contributed by atoms with Crippen molar-refractivity contribution in [2.75, 3.05) is 5.73 Å². The summed E-state index contributed by atoms with van der Waals surface area (Å²) in [7, 11) is 0. The predicted octanol–water partition coefficient (Wildman–Crippen LogP) is 2.64. The van der Waals surface area contributed by atoms with Crippen molar-refractivity contribution < 1.29 is 19.6 Å². The Kier molecular flexibility index (Phi) is 7.27. The number of primary amides is 1. The number of aliphatic carboxylic acids is 1. The number of benzene rings is 2. The molecule has 0 aliphatic heterocycles. The van der Waals surface area contributed by atoms with E-state index in [4.69, 9.17) is 16.6 Å². The van der Waals surface area contributed by atoms with Gasteiger partial charge in [-0.3, -0.25) is 19.7 Å². The van der Waals surface area contributed by atoms with E-state index in [0.717, 1.165) is 5.56 Å². The molecule has 0 aromatic heterocycles. The van der Waals surface area contributed by atoms with Gasteiger partial charge in [0.05, 0.1) is 16.8 Å². The van der Waals surface area contributed by atoms with Gasteiger partial charge in [-0.05, 0) is 37.1 Å². The normalized spacial score (nSPS) is 12.2. The molecular weight excluding hydrogens is 338 g/mol. The van der Waals surface area contributed by atoms with E-state index in [1.54, 1.807) is 19.1 Å². The molecule has 0 heterocycles. The summed E-state index contributed by atoms with van der Waals surface area (Å²) in [6.45, 7) is 3.30. The average molecular weight is 359 g/mol. The summed E-state index contributed by atoms with van der Waals surface area (Å²) in [5.74, 6) is -2.15. The standard InChI is InChI=1S/C9H12N2O.C9H9NO4/c1-6(9(11)12)7-2-4-8(10)5-3-7;1-6(9(11)12)7-2-4-8(5-3-7)10(13)14/h2-6H,10H2,1H3,(H2,11,12);2-6H,1H3,(H,11,12)/t2*6-/m11/s1. The van der Waals surface area contributed by atoms with Crippen molar-refractivity contribution in [1.29, 1.82) is 0 Å². The van der Waals surface area contributed by atoms with E-state index in [1.165, 1.54) is 31.2 Å². The van der Waals surface area contributed by atoms with Crippen LogP contribution in [0.2, 0.25) is 0 Å². The Labute approximate surface area is 150 Å². The van der Waals surface area contributed by atoms with E-state index < -0.39 is 16.8 Å². The van der Waals surface area contributed by atoms with Gasteiger partial charge in [0.1, 0.15) is 0 Å². The van der Waals surface area contributed by atoms with Gasteiger partial charge in [0.15, 0.2) is 0 Å². The van der Waals surface area contributed by atoms with Crippen LogP contribution in [0.1, 0.15) is 36.8 Å². The highest BCUT2D eigenvalue weighted by molar-refractivity contribution is 5.81. The van der Waals surface area contributed by atoms with Gasteiger partial charge in [-0.2, -0.15) is 0 Å². The molecule has 0 fully saturated rings. The number of nitrogens with zero attached hydrogens (tertiary/aromatic N) is 1. The summed E-state index contributed by atoms with van der Waals surface area (Å²) in [5, 5.41) is 19.0. The van der Waals surface area contributed by atoms with Crippen LogP contribution in [0.5, 0.6) is 0 Å². The van der Waals surface area contributed by atoms with Gasteiger partial charge in [-0.15, -0.1) is 0 Å². The zero-order chi connectivity index (χ0) is 19.9. The number of nitrogens with two attached hydrogens (primary N) is 2. The van der Waals surface area contributed by atoms with E-state index >= 15 is 0 Å². The molecule has 0 spiro atoms. The van der Waals surface area contributed by atoms with E-state index in [0.29, 0.717) is 11.3 Å². The summed E-state index contributed by atoms with van der Waals surface area (Å²) < 4.78 is 0. The SMILES string of the molecule is C[C@@H](C(=O)O)c1ccc([N+](=O)[O-])cc1.C[C@@H](C(N)=O)c1ccc(N)cc1. The van der Waals surface area contributed by atoms with Crippen LogP contribution in [0.4, 0.5) is 11.4 Å². The van der Waals surface area contributed by atoms with Crippen molar-refractivity contribution in [3.63, 3.8) is 0 Å². The molecule has 2 aromatic carbocycles. The fourth-order valence-corrected chi connectivity index (χ4v) is 1.98. The third kappa shape index (κ3) is 5.90. The van der Waals surface area contributed by atoms with Crippen LogP contribution in [-0.4, -0.2) is 21.9 Å². The van der Waals surface area contributed by atoms with Gasteiger partial charge in [-0.1, -0.05) is 24.3 Å². The third-order valence-electron chi connectivity index (χ3n) is 3.84. The fourth-order valence-electron chi connectivity index (χ4n) is 1.98. The molecule has 5 N–H and O–H groups in total. The molecule has 0 unspecified atom stereocenters. The van der Waals surface area contributed by atoms with Gasteiger partial charge in [0.2, 0.25) is 5.91 Å². The summed E-state index contributed by atoms with van der Waals surface area (Å²) in [6, 6.07) is 12.6. The average Bonchev–Trinajstić information content (AvgIpc) is 2.61. The summed E-state index contributed by atoms with van der Waals surface area (Å²) in [5.41, 5.74) is 12.7. The minimum absolute atomic E-state index is 0.0358. The molecule has 0 radical (unpaired) electrons. The van der Waals surface area contributed by atoms with Crippen LogP contribution in [0, 0.1) is 10.1 Å². The monoisotopic (exact) mass is 359 g/mol. The van der Waals surface area contributed by atoms with Crippen LogP contribution >= 0.6 is 0 Å². The molecule has 0 bridgehead atoms. The maximum atomic E-state index is 10.8. The number of nitrogen functional groups attached to an aromatic ring is 1. The lowest BCUT2D eigenvalue weighted by atomic mass is 10.0. The molecule has 2 aromatic rings. The predicted molar refractivity (Wildman–Crippen MR) is 97.6 cm³/mol. The Morgan fingerprint density at radius 3 is 1.77 bits per heavy atom. The van der Waals surface area contributed by atoms with Crippen molar-refractivity contribution >= 4 is 23.3 Å². The highest BCUT2D eigenvalue weighted by Gasteiger charge is 2.14. The Morgan fingerprint density at radius 2 is 1.38 bits per heavy atom. The lowest BCUT2D eigenvalue weighted by Gasteiger charge is -2.06. The number of carbonyl (C=O) groups excluding carboxylic acids is 1. The zero-order valence-corrected chi connectivity index (χ0v) is 14.5. The van der Waals surface area contributed by atoms with Crippen LogP contribution in [0.15, 0.2) is 48.5 Å². The van der Waals surface area contributed by atoms with E-state index in [1.807, 2.05) is 12.1 Å². The fraction of sp³-hybridized carbons (Fsp3) is 0.222.